The fourth-order valence-electron chi connectivity index (χ4n) is 6.11. The molecular formula is C40H40N4O6. The fourth-order valence-corrected chi connectivity index (χ4v) is 6.11. The SMILES string of the molecule is COC(OC)=C(C(=O)Nc1ccc(C(=O)Nc2ccc(CCN3CCc4cc(OC)c(OC)cc4C3)cc2)cc1)c1cnc2ccccc2c1. The van der Waals surface area contributed by atoms with Crippen LogP contribution in [0.25, 0.3) is 16.5 Å². The zero-order valence-corrected chi connectivity index (χ0v) is 28.6. The first-order chi connectivity index (χ1) is 24.4. The average Bonchev–Trinajstić information content (AvgIpc) is 3.15. The number of hydrogen-bond donors (Lipinski definition) is 2. The van der Waals surface area contributed by atoms with Crippen molar-refractivity contribution in [1.29, 1.82) is 0 Å². The molecule has 0 fully saturated rings. The van der Waals surface area contributed by atoms with E-state index in [0.29, 0.717) is 22.5 Å². The number of aromatic nitrogens is 1. The number of amides is 2. The maximum atomic E-state index is 13.5. The molecule has 0 aliphatic carbocycles. The van der Waals surface area contributed by atoms with Gasteiger partial charge in [-0.1, -0.05) is 30.3 Å². The van der Waals surface area contributed by atoms with Gasteiger partial charge in [0.15, 0.2) is 11.5 Å². The number of para-hydroxylation sites is 1. The molecule has 0 spiro atoms. The topological polar surface area (TPSA) is 111 Å². The largest absolute Gasteiger partial charge is 0.493 e. The Labute approximate surface area is 291 Å². The first-order valence-electron chi connectivity index (χ1n) is 16.3. The van der Waals surface area contributed by atoms with Crippen LogP contribution in [0.4, 0.5) is 11.4 Å². The monoisotopic (exact) mass is 672 g/mol. The minimum absolute atomic E-state index is 0.0567. The number of carbonyl (C=O) groups is 2. The molecule has 256 valence electrons. The molecule has 1 aromatic heterocycles. The van der Waals surface area contributed by atoms with Crippen LogP contribution in [-0.4, -0.2) is 63.2 Å². The maximum Gasteiger partial charge on any atom is 0.292 e. The molecule has 2 amide bonds. The number of methoxy groups -OCH3 is 4. The van der Waals surface area contributed by atoms with Crippen molar-refractivity contribution in [2.45, 2.75) is 19.4 Å². The van der Waals surface area contributed by atoms with Crippen LogP contribution in [0.15, 0.2) is 103 Å². The Morgan fingerprint density at radius 1 is 0.760 bits per heavy atom. The molecule has 0 saturated carbocycles. The quantitative estimate of drug-likeness (QED) is 0.111. The zero-order chi connectivity index (χ0) is 35.0. The van der Waals surface area contributed by atoms with Gasteiger partial charge in [0.25, 0.3) is 17.8 Å². The van der Waals surface area contributed by atoms with E-state index in [0.717, 1.165) is 54.9 Å². The van der Waals surface area contributed by atoms with Gasteiger partial charge >= 0.3 is 0 Å². The highest BCUT2D eigenvalue weighted by Crippen LogP contribution is 2.33. The standard InChI is InChI=1S/C40H40N4O6/c1-47-35-22-28-18-20-44(25-31(28)23-36(35)48-2)19-17-26-9-13-32(14-10-26)42-38(45)27-11-15-33(16-12-27)43-39(46)37(40(49-3)50-4)30-21-29-7-5-6-8-34(29)41-24-30/h5-16,21-24H,17-20,25H2,1-4H3,(H,42,45)(H,43,46). The van der Waals surface area contributed by atoms with Crippen LogP contribution in [0.3, 0.4) is 0 Å². The van der Waals surface area contributed by atoms with Crippen LogP contribution in [0.2, 0.25) is 0 Å². The van der Waals surface area contributed by atoms with E-state index in [9.17, 15) is 9.59 Å². The van der Waals surface area contributed by atoms with Gasteiger partial charge in [0.2, 0.25) is 0 Å². The van der Waals surface area contributed by atoms with E-state index in [1.165, 1.54) is 30.9 Å². The summed E-state index contributed by atoms with van der Waals surface area (Å²) in [4.78, 5) is 33.5. The Balaban J connectivity index is 1.04. The molecular weight excluding hydrogens is 632 g/mol. The molecule has 1 aliphatic rings. The molecule has 1 aliphatic heterocycles. The molecule has 0 bridgehead atoms. The number of anilines is 2. The van der Waals surface area contributed by atoms with Gasteiger partial charge < -0.3 is 29.6 Å². The van der Waals surface area contributed by atoms with Crippen molar-refractivity contribution < 1.29 is 28.5 Å². The molecule has 0 saturated heterocycles. The van der Waals surface area contributed by atoms with Crippen molar-refractivity contribution in [2.24, 2.45) is 0 Å². The number of hydrogen-bond acceptors (Lipinski definition) is 8. The van der Waals surface area contributed by atoms with Crippen molar-refractivity contribution in [3.05, 3.63) is 131 Å². The Hall–Kier alpha value is -5.87. The highest BCUT2D eigenvalue weighted by atomic mass is 16.7. The number of carbonyl (C=O) groups excluding carboxylic acids is 2. The predicted octanol–water partition coefficient (Wildman–Crippen LogP) is 6.71. The van der Waals surface area contributed by atoms with E-state index in [2.05, 4.69) is 32.7 Å². The first-order valence-corrected chi connectivity index (χ1v) is 16.3. The average molecular weight is 673 g/mol. The molecule has 10 nitrogen and oxygen atoms in total. The third-order valence-corrected chi connectivity index (χ3v) is 8.81. The molecule has 6 rings (SSSR count). The zero-order valence-electron chi connectivity index (χ0n) is 28.6. The van der Waals surface area contributed by atoms with Crippen LogP contribution in [-0.2, 0) is 33.7 Å². The number of rotatable bonds is 12. The summed E-state index contributed by atoms with van der Waals surface area (Å²) in [6.45, 7) is 2.78. The maximum absolute atomic E-state index is 13.5. The lowest BCUT2D eigenvalue weighted by Gasteiger charge is -2.29. The van der Waals surface area contributed by atoms with Gasteiger partial charge in [0.05, 0.1) is 34.0 Å². The summed E-state index contributed by atoms with van der Waals surface area (Å²) in [5.74, 6) is 0.896. The van der Waals surface area contributed by atoms with Crippen LogP contribution >= 0.6 is 0 Å². The van der Waals surface area contributed by atoms with E-state index in [1.807, 2.05) is 54.6 Å². The number of nitrogens with zero attached hydrogens (tertiary/aromatic N) is 2. The van der Waals surface area contributed by atoms with Crippen molar-refractivity contribution in [1.82, 2.24) is 9.88 Å². The van der Waals surface area contributed by atoms with Gasteiger partial charge in [0.1, 0.15) is 5.57 Å². The molecule has 10 heteroatoms. The molecule has 0 atom stereocenters. The Morgan fingerprint density at radius 2 is 1.42 bits per heavy atom. The van der Waals surface area contributed by atoms with Gasteiger partial charge in [-0.2, -0.15) is 0 Å². The highest BCUT2D eigenvalue weighted by Gasteiger charge is 2.22. The first kappa shape index (κ1) is 34.0. The van der Waals surface area contributed by atoms with E-state index in [4.69, 9.17) is 18.9 Å². The molecule has 50 heavy (non-hydrogen) atoms. The molecule has 2 heterocycles. The number of ether oxygens (including phenoxy) is 4. The lowest BCUT2D eigenvalue weighted by Crippen LogP contribution is -2.32. The third kappa shape index (κ3) is 7.71. The number of fused-ring (bicyclic) bond motifs is 2. The van der Waals surface area contributed by atoms with Gasteiger partial charge in [-0.15, -0.1) is 0 Å². The summed E-state index contributed by atoms with van der Waals surface area (Å²) < 4.78 is 21.7. The van der Waals surface area contributed by atoms with E-state index in [1.54, 1.807) is 44.7 Å². The second kappa shape index (κ2) is 15.6. The van der Waals surface area contributed by atoms with Gasteiger partial charge in [-0.05, 0) is 90.2 Å². The van der Waals surface area contributed by atoms with E-state index in [-0.39, 0.29) is 17.4 Å². The molecule has 0 unspecified atom stereocenters. The summed E-state index contributed by atoms with van der Waals surface area (Å²) >= 11 is 0. The summed E-state index contributed by atoms with van der Waals surface area (Å²) in [6, 6.07) is 28.3. The Kier molecular flexibility index (Phi) is 10.6. The van der Waals surface area contributed by atoms with Gasteiger partial charge in [-0.25, -0.2) is 0 Å². The Morgan fingerprint density at radius 3 is 2.12 bits per heavy atom. The van der Waals surface area contributed by atoms with Crippen molar-refractivity contribution >= 4 is 39.7 Å². The van der Waals surface area contributed by atoms with Crippen LogP contribution in [0.1, 0.15) is 32.6 Å². The second-order valence-electron chi connectivity index (χ2n) is 11.9. The normalized spacial score (nSPS) is 12.4. The highest BCUT2D eigenvalue weighted by molar-refractivity contribution is 6.25. The van der Waals surface area contributed by atoms with Crippen molar-refractivity contribution in [3.8, 4) is 11.5 Å². The molecule has 4 aromatic carbocycles. The minimum atomic E-state index is -0.441. The predicted molar refractivity (Wildman–Crippen MR) is 194 cm³/mol. The second-order valence-corrected chi connectivity index (χ2v) is 11.9. The minimum Gasteiger partial charge on any atom is -0.493 e. The van der Waals surface area contributed by atoms with Crippen LogP contribution < -0.4 is 20.1 Å². The molecule has 2 N–H and O–H groups in total. The summed E-state index contributed by atoms with van der Waals surface area (Å²) in [7, 11) is 6.20. The fraction of sp³-hybridized carbons (Fsp3) is 0.225. The van der Waals surface area contributed by atoms with Crippen molar-refractivity contribution in [3.63, 3.8) is 0 Å². The number of nitrogens with one attached hydrogen (secondary N) is 2. The summed E-state index contributed by atoms with van der Waals surface area (Å²) in [6.07, 6.45) is 3.48. The van der Waals surface area contributed by atoms with Crippen LogP contribution in [0, 0.1) is 0 Å². The smallest absolute Gasteiger partial charge is 0.292 e. The van der Waals surface area contributed by atoms with Crippen molar-refractivity contribution in [2.75, 3.05) is 52.2 Å². The lowest BCUT2D eigenvalue weighted by atomic mass is 9.98. The number of pyridine rings is 1. The summed E-state index contributed by atoms with van der Waals surface area (Å²) in [5, 5.41) is 6.71. The number of benzene rings is 4. The van der Waals surface area contributed by atoms with E-state index >= 15 is 0 Å². The Bertz CT molecular complexity index is 2020. The molecule has 5 aromatic rings. The van der Waals surface area contributed by atoms with E-state index < -0.39 is 5.91 Å². The van der Waals surface area contributed by atoms with Crippen LogP contribution in [0.5, 0.6) is 11.5 Å². The van der Waals surface area contributed by atoms with Gasteiger partial charge in [0, 0.05) is 53.7 Å². The lowest BCUT2D eigenvalue weighted by molar-refractivity contribution is -0.111. The summed E-state index contributed by atoms with van der Waals surface area (Å²) in [5.41, 5.74) is 6.98. The third-order valence-electron chi connectivity index (χ3n) is 8.81. The molecule has 0 radical (unpaired) electrons. The van der Waals surface area contributed by atoms with Gasteiger partial charge in [-0.3, -0.25) is 19.5 Å².